The molecule has 1 N–H and O–H groups in total. The first-order chi connectivity index (χ1) is 8.65. The number of methoxy groups -OCH3 is 3. The first-order valence-electron chi connectivity index (χ1n) is 6.08. The maximum atomic E-state index is 5.43. The largest absolute Gasteiger partial charge is 0.497 e. The molecule has 18 heavy (non-hydrogen) atoms. The van der Waals surface area contributed by atoms with Crippen LogP contribution in [0.5, 0.6) is 11.5 Å². The zero-order chi connectivity index (χ0) is 13.5. The standard InChI is InChI=1S/C14H23NO3/c1-10(16-3)8-13(15-2)12-7-6-11(17-4)9-14(12)18-5/h6-7,9-10,13,15H,8H2,1-5H3. The van der Waals surface area contributed by atoms with Crippen molar-refractivity contribution in [2.24, 2.45) is 0 Å². The number of nitrogens with one attached hydrogen (secondary N) is 1. The van der Waals surface area contributed by atoms with E-state index in [2.05, 4.69) is 12.2 Å². The van der Waals surface area contributed by atoms with E-state index in [0.717, 1.165) is 23.5 Å². The fourth-order valence-electron chi connectivity index (χ4n) is 1.93. The highest BCUT2D eigenvalue weighted by Crippen LogP contribution is 2.31. The molecule has 1 aromatic carbocycles. The Morgan fingerprint density at radius 2 is 1.89 bits per heavy atom. The van der Waals surface area contributed by atoms with Gasteiger partial charge in [-0.2, -0.15) is 0 Å². The normalized spacial score (nSPS) is 14.1. The van der Waals surface area contributed by atoms with Crippen LogP contribution in [0.4, 0.5) is 0 Å². The summed E-state index contributed by atoms with van der Waals surface area (Å²) in [7, 11) is 6.99. The molecule has 0 amide bonds. The summed E-state index contributed by atoms with van der Waals surface area (Å²) in [6.07, 6.45) is 1.07. The molecule has 0 aromatic heterocycles. The quantitative estimate of drug-likeness (QED) is 0.810. The highest BCUT2D eigenvalue weighted by Gasteiger charge is 2.17. The van der Waals surface area contributed by atoms with E-state index >= 15 is 0 Å². The molecule has 4 nitrogen and oxygen atoms in total. The van der Waals surface area contributed by atoms with E-state index in [1.54, 1.807) is 21.3 Å². The Morgan fingerprint density at radius 3 is 2.39 bits per heavy atom. The molecule has 2 atom stereocenters. The lowest BCUT2D eigenvalue weighted by Crippen LogP contribution is -2.22. The van der Waals surface area contributed by atoms with E-state index in [0.29, 0.717) is 0 Å². The molecule has 102 valence electrons. The Labute approximate surface area is 109 Å². The molecule has 0 aliphatic rings. The van der Waals surface area contributed by atoms with Gasteiger partial charge in [0, 0.05) is 24.8 Å². The van der Waals surface area contributed by atoms with Crippen LogP contribution in [0, 0.1) is 0 Å². The lowest BCUT2D eigenvalue weighted by Gasteiger charge is -2.22. The average molecular weight is 253 g/mol. The number of rotatable bonds is 7. The van der Waals surface area contributed by atoms with Crippen LogP contribution in [0.15, 0.2) is 18.2 Å². The van der Waals surface area contributed by atoms with E-state index in [1.165, 1.54) is 0 Å². The van der Waals surface area contributed by atoms with Crippen molar-refractivity contribution in [3.05, 3.63) is 23.8 Å². The molecule has 0 saturated heterocycles. The van der Waals surface area contributed by atoms with Crippen LogP contribution in [-0.2, 0) is 4.74 Å². The number of ether oxygens (including phenoxy) is 3. The SMILES string of the molecule is CNC(CC(C)OC)c1ccc(OC)cc1OC. The first-order valence-corrected chi connectivity index (χ1v) is 6.08. The van der Waals surface area contributed by atoms with Crippen molar-refractivity contribution in [2.75, 3.05) is 28.4 Å². The van der Waals surface area contributed by atoms with Crippen LogP contribution in [0.25, 0.3) is 0 Å². The van der Waals surface area contributed by atoms with Crippen molar-refractivity contribution < 1.29 is 14.2 Å². The Morgan fingerprint density at radius 1 is 1.17 bits per heavy atom. The second kappa shape index (κ2) is 7.24. The zero-order valence-electron chi connectivity index (χ0n) is 11.8. The van der Waals surface area contributed by atoms with Crippen LogP contribution in [0.2, 0.25) is 0 Å². The van der Waals surface area contributed by atoms with E-state index in [1.807, 2.05) is 25.2 Å². The number of hydrogen-bond acceptors (Lipinski definition) is 4. The Hall–Kier alpha value is -1.26. The van der Waals surface area contributed by atoms with Crippen LogP contribution < -0.4 is 14.8 Å². The van der Waals surface area contributed by atoms with Gasteiger partial charge in [-0.25, -0.2) is 0 Å². The minimum Gasteiger partial charge on any atom is -0.497 e. The summed E-state index contributed by atoms with van der Waals surface area (Å²) in [6, 6.07) is 6.07. The summed E-state index contributed by atoms with van der Waals surface area (Å²) in [5.41, 5.74) is 1.12. The second-order valence-corrected chi connectivity index (χ2v) is 4.23. The van der Waals surface area contributed by atoms with Crippen molar-refractivity contribution in [1.29, 1.82) is 0 Å². The highest BCUT2D eigenvalue weighted by molar-refractivity contribution is 5.42. The Bertz CT molecular complexity index is 368. The van der Waals surface area contributed by atoms with E-state index in [-0.39, 0.29) is 12.1 Å². The topological polar surface area (TPSA) is 39.7 Å². The summed E-state index contributed by atoms with van der Waals surface area (Å²) in [5, 5.41) is 3.29. The molecule has 1 aromatic rings. The maximum absolute atomic E-state index is 5.43. The van der Waals surface area contributed by atoms with Crippen LogP contribution in [0.3, 0.4) is 0 Å². The fourth-order valence-corrected chi connectivity index (χ4v) is 1.93. The van der Waals surface area contributed by atoms with Gasteiger partial charge in [-0.3, -0.25) is 0 Å². The summed E-state index contributed by atoms with van der Waals surface area (Å²) >= 11 is 0. The Kier molecular flexibility index (Phi) is 5.95. The molecule has 1 rings (SSSR count). The van der Waals surface area contributed by atoms with Gasteiger partial charge in [0.15, 0.2) is 0 Å². The molecule has 0 bridgehead atoms. The predicted octanol–water partition coefficient (Wildman–Crippen LogP) is 2.39. The van der Waals surface area contributed by atoms with Crippen molar-refractivity contribution in [1.82, 2.24) is 5.32 Å². The minimum atomic E-state index is 0.189. The van der Waals surface area contributed by atoms with Gasteiger partial charge in [-0.05, 0) is 26.5 Å². The third kappa shape index (κ3) is 3.62. The van der Waals surface area contributed by atoms with Gasteiger partial charge in [0.25, 0.3) is 0 Å². The highest BCUT2D eigenvalue weighted by atomic mass is 16.5. The van der Waals surface area contributed by atoms with Crippen molar-refractivity contribution in [3.63, 3.8) is 0 Å². The summed E-state index contributed by atoms with van der Waals surface area (Å²) < 4.78 is 15.9. The molecule has 0 radical (unpaired) electrons. The second-order valence-electron chi connectivity index (χ2n) is 4.23. The lowest BCUT2D eigenvalue weighted by molar-refractivity contribution is 0.101. The Balaban J connectivity index is 2.97. The van der Waals surface area contributed by atoms with Crippen molar-refractivity contribution >= 4 is 0 Å². The molecular weight excluding hydrogens is 230 g/mol. The van der Waals surface area contributed by atoms with Gasteiger partial charge >= 0.3 is 0 Å². The smallest absolute Gasteiger partial charge is 0.127 e. The molecule has 2 unspecified atom stereocenters. The summed E-state index contributed by atoms with van der Waals surface area (Å²) in [6.45, 7) is 2.06. The number of benzene rings is 1. The van der Waals surface area contributed by atoms with Gasteiger partial charge in [0.2, 0.25) is 0 Å². The average Bonchev–Trinajstić information content (AvgIpc) is 2.43. The third-order valence-electron chi connectivity index (χ3n) is 3.13. The van der Waals surface area contributed by atoms with Gasteiger partial charge in [0.1, 0.15) is 11.5 Å². The van der Waals surface area contributed by atoms with Crippen LogP contribution in [-0.4, -0.2) is 34.5 Å². The third-order valence-corrected chi connectivity index (χ3v) is 3.13. The zero-order valence-corrected chi connectivity index (χ0v) is 11.8. The molecule has 0 saturated carbocycles. The molecular formula is C14H23NO3. The maximum Gasteiger partial charge on any atom is 0.127 e. The van der Waals surface area contributed by atoms with Gasteiger partial charge < -0.3 is 19.5 Å². The molecule has 0 spiro atoms. The first kappa shape index (κ1) is 14.8. The van der Waals surface area contributed by atoms with Gasteiger partial charge in [-0.1, -0.05) is 6.07 Å². The molecule has 0 aliphatic carbocycles. The van der Waals surface area contributed by atoms with Crippen LogP contribution in [0.1, 0.15) is 24.9 Å². The van der Waals surface area contributed by atoms with Crippen molar-refractivity contribution in [3.8, 4) is 11.5 Å². The molecule has 4 heteroatoms. The van der Waals surface area contributed by atoms with Crippen molar-refractivity contribution in [2.45, 2.75) is 25.5 Å². The van der Waals surface area contributed by atoms with Crippen LogP contribution >= 0.6 is 0 Å². The van der Waals surface area contributed by atoms with E-state index in [9.17, 15) is 0 Å². The van der Waals surface area contributed by atoms with Gasteiger partial charge in [-0.15, -0.1) is 0 Å². The molecule has 0 heterocycles. The summed E-state index contributed by atoms with van der Waals surface area (Å²) in [5.74, 6) is 1.63. The van der Waals surface area contributed by atoms with Gasteiger partial charge in [0.05, 0.1) is 20.3 Å². The molecule has 0 aliphatic heterocycles. The molecule has 0 fully saturated rings. The summed E-state index contributed by atoms with van der Waals surface area (Å²) in [4.78, 5) is 0. The fraction of sp³-hybridized carbons (Fsp3) is 0.571. The van der Waals surface area contributed by atoms with E-state index < -0.39 is 0 Å². The minimum absolute atomic E-state index is 0.189. The number of hydrogen-bond donors (Lipinski definition) is 1. The monoisotopic (exact) mass is 253 g/mol. The predicted molar refractivity (Wildman–Crippen MR) is 72.4 cm³/mol. The van der Waals surface area contributed by atoms with E-state index in [4.69, 9.17) is 14.2 Å². The lowest BCUT2D eigenvalue weighted by atomic mass is 10.00.